The van der Waals surface area contributed by atoms with Crippen LogP contribution in [0.1, 0.15) is 0 Å². The number of hydrogen-bond acceptors (Lipinski definition) is 4. The SMILES string of the molecule is COc1ccc(-c2cccc(F)c2)cc1N(C)c1c(F)ccc(OCC(=O)O)c1F. The molecule has 0 aliphatic rings. The van der Waals surface area contributed by atoms with E-state index >= 15 is 0 Å². The van der Waals surface area contributed by atoms with E-state index in [4.69, 9.17) is 14.6 Å². The van der Waals surface area contributed by atoms with Crippen LogP contribution in [-0.4, -0.2) is 31.8 Å². The van der Waals surface area contributed by atoms with Gasteiger partial charge < -0.3 is 19.5 Å². The van der Waals surface area contributed by atoms with Crippen LogP contribution < -0.4 is 14.4 Å². The van der Waals surface area contributed by atoms with Crippen molar-refractivity contribution in [3.63, 3.8) is 0 Å². The summed E-state index contributed by atoms with van der Waals surface area (Å²) in [5.74, 6) is -3.72. The zero-order valence-corrected chi connectivity index (χ0v) is 16.2. The molecule has 0 radical (unpaired) electrons. The Bertz CT molecular complexity index is 1090. The van der Waals surface area contributed by atoms with Crippen LogP contribution in [0.3, 0.4) is 0 Å². The topological polar surface area (TPSA) is 59.0 Å². The van der Waals surface area contributed by atoms with Crippen molar-refractivity contribution in [1.29, 1.82) is 0 Å². The van der Waals surface area contributed by atoms with Gasteiger partial charge in [0.25, 0.3) is 0 Å². The third-order valence-electron chi connectivity index (χ3n) is 4.42. The molecule has 0 spiro atoms. The van der Waals surface area contributed by atoms with Gasteiger partial charge in [0.1, 0.15) is 23.1 Å². The minimum Gasteiger partial charge on any atom is -0.495 e. The van der Waals surface area contributed by atoms with Crippen LogP contribution in [0.25, 0.3) is 11.1 Å². The molecule has 0 aliphatic heterocycles. The van der Waals surface area contributed by atoms with Crippen molar-refractivity contribution in [3.8, 4) is 22.6 Å². The molecule has 156 valence electrons. The Balaban J connectivity index is 2.08. The van der Waals surface area contributed by atoms with Crippen molar-refractivity contribution in [1.82, 2.24) is 0 Å². The summed E-state index contributed by atoms with van der Waals surface area (Å²) >= 11 is 0. The van der Waals surface area contributed by atoms with E-state index in [-0.39, 0.29) is 0 Å². The number of rotatable bonds is 7. The molecule has 0 saturated heterocycles. The smallest absolute Gasteiger partial charge is 0.341 e. The first-order valence-corrected chi connectivity index (χ1v) is 8.82. The van der Waals surface area contributed by atoms with Gasteiger partial charge >= 0.3 is 5.97 Å². The van der Waals surface area contributed by atoms with E-state index < -0.39 is 41.5 Å². The molecule has 0 aliphatic carbocycles. The molecular weight excluding hydrogens is 399 g/mol. The van der Waals surface area contributed by atoms with Crippen molar-refractivity contribution < 1.29 is 32.5 Å². The van der Waals surface area contributed by atoms with Gasteiger partial charge in [-0.2, -0.15) is 0 Å². The molecule has 1 N–H and O–H groups in total. The molecule has 0 saturated carbocycles. The molecule has 3 aromatic carbocycles. The summed E-state index contributed by atoms with van der Waals surface area (Å²) in [4.78, 5) is 11.9. The highest BCUT2D eigenvalue weighted by molar-refractivity contribution is 5.77. The zero-order valence-electron chi connectivity index (χ0n) is 16.2. The molecule has 5 nitrogen and oxygen atoms in total. The molecule has 3 rings (SSSR count). The number of ether oxygens (including phenoxy) is 2. The Labute approximate surface area is 170 Å². The second-order valence-electron chi connectivity index (χ2n) is 6.35. The van der Waals surface area contributed by atoms with Gasteiger partial charge in [0.2, 0.25) is 0 Å². The highest BCUT2D eigenvalue weighted by Gasteiger charge is 2.22. The van der Waals surface area contributed by atoms with Crippen LogP contribution in [0.4, 0.5) is 24.5 Å². The molecule has 0 fully saturated rings. The van der Waals surface area contributed by atoms with Gasteiger partial charge in [-0.15, -0.1) is 0 Å². The molecule has 0 amide bonds. The van der Waals surface area contributed by atoms with E-state index in [1.54, 1.807) is 30.3 Å². The van der Waals surface area contributed by atoms with Crippen LogP contribution in [0.2, 0.25) is 0 Å². The Morgan fingerprint density at radius 3 is 2.37 bits per heavy atom. The molecule has 8 heteroatoms. The van der Waals surface area contributed by atoms with Gasteiger partial charge in [-0.25, -0.2) is 18.0 Å². The van der Waals surface area contributed by atoms with Crippen LogP contribution >= 0.6 is 0 Å². The highest BCUT2D eigenvalue weighted by Crippen LogP contribution is 2.40. The van der Waals surface area contributed by atoms with Crippen molar-refractivity contribution in [2.75, 3.05) is 25.7 Å². The Hall–Kier alpha value is -3.68. The third-order valence-corrected chi connectivity index (χ3v) is 4.42. The van der Waals surface area contributed by atoms with Gasteiger partial charge in [-0.1, -0.05) is 18.2 Å². The average Bonchev–Trinajstić information content (AvgIpc) is 2.72. The quantitative estimate of drug-likeness (QED) is 0.586. The summed E-state index contributed by atoms with van der Waals surface area (Å²) in [6, 6.07) is 12.8. The standard InChI is InChI=1S/C22H18F3NO4/c1-26(22-16(24)7-9-19(21(22)25)30-12-20(27)28)17-11-14(6-8-18(17)29-2)13-4-3-5-15(23)10-13/h3-11H,12H2,1-2H3,(H,27,28). The lowest BCUT2D eigenvalue weighted by Crippen LogP contribution is -2.16. The number of hydrogen-bond donors (Lipinski definition) is 1. The minimum atomic E-state index is -1.29. The highest BCUT2D eigenvalue weighted by atomic mass is 19.1. The van der Waals surface area contributed by atoms with E-state index in [2.05, 4.69) is 0 Å². The van der Waals surface area contributed by atoms with Crippen LogP contribution in [0.5, 0.6) is 11.5 Å². The summed E-state index contributed by atoms with van der Waals surface area (Å²) in [5, 5.41) is 8.73. The lowest BCUT2D eigenvalue weighted by molar-refractivity contribution is -0.139. The number of halogens is 3. The predicted octanol–water partition coefficient (Wildman–Crippen LogP) is 5.01. The number of anilines is 2. The Morgan fingerprint density at radius 1 is 1.00 bits per heavy atom. The fourth-order valence-corrected chi connectivity index (χ4v) is 3.00. The van der Waals surface area contributed by atoms with Crippen molar-refractivity contribution in [2.45, 2.75) is 0 Å². The number of nitrogens with zero attached hydrogens (tertiary/aromatic N) is 1. The normalized spacial score (nSPS) is 10.6. The maximum atomic E-state index is 14.9. The first kappa shape index (κ1) is 21.0. The van der Waals surface area contributed by atoms with Crippen molar-refractivity contribution in [3.05, 3.63) is 72.0 Å². The van der Waals surface area contributed by atoms with Gasteiger partial charge in [-0.3, -0.25) is 0 Å². The fourth-order valence-electron chi connectivity index (χ4n) is 3.00. The largest absolute Gasteiger partial charge is 0.495 e. The van der Waals surface area contributed by atoms with Gasteiger partial charge in [0, 0.05) is 7.05 Å². The van der Waals surface area contributed by atoms with E-state index in [9.17, 15) is 18.0 Å². The van der Waals surface area contributed by atoms with Gasteiger partial charge in [0.05, 0.1) is 12.8 Å². The second kappa shape index (κ2) is 8.77. The molecule has 0 bridgehead atoms. The average molecular weight is 417 g/mol. The Kier molecular flexibility index (Phi) is 6.15. The van der Waals surface area contributed by atoms with Gasteiger partial charge in [0.15, 0.2) is 18.2 Å². The third kappa shape index (κ3) is 4.32. The monoisotopic (exact) mass is 417 g/mol. The molecule has 0 unspecified atom stereocenters. The molecule has 0 heterocycles. The summed E-state index contributed by atoms with van der Waals surface area (Å²) in [5.41, 5.74) is 1.04. The number of carboxylic acid groups (broad SMARTS) is 1. The number of benzene rings is 3. The van der Waals surface area contributed by atoms with E-state index in [0.717, 1.165) is 12.1 Å². The predicted molar refractivity (Wildman–Crippen MR) is 106 cm³/mol. The van der Waals surface area contributed by atoms with Crippen LogP contribution in [-0.2, 0) is 4.79 Å². The lowest BCUT2D eigenvalue weighted by Gasteiger charge is -2.24. The van der Waals surface area contributed by atoms with Crippen molar-refractivity contribution >= 4 is 17.3 Å². The first-order chi connectivity index (χ1) is 14.3. The molecule has 30 heavy (non-hydrogen) atoms. The van der Waals surface area contributed by atoms with E-state index in [0.29, 0.717) is 22.6 Å². The van der Waals surface area contributed by atoms with Crippen LogP contribution in [0.15, 0.2) is 54.6 Å². The number of methoxy groups -OCH3 is 1. The van der Waals surface area contributed by atoms with E-state index in [1.165, 1.54) is 31.2 Å². The molecular formula is C22H18F3NO4. The maximum Gasteiger partial charge on any atom is 0.341 e. The summed E-state index contributed by atoms with van der Waals surface area (Å²) in [6.45, 7) is -0.774. The van der Waals surface area contributed by atoms with E-state index in [1.807, 2.05) is 0 Å². The molecule has 0 aromatic heterocycles. The van der Waals surface area contributed by atoms with Gasteiger partial charge in [-0.05, 0) is 47.5 Å². The second-order valence-corrected chi connectivity index (χ2v) is 6.35. The minimum absolute atomic E-state index is 0.312. The van der Waals surface area contributed by atoms with Crippen molar-refractivity contribution in [2.24, 2.45) is 0 Å². The summed E-state index contributed by atoms with van der Waals surface area (Å²) in [7, 11) is 2.84. The maximum absolute atomic E-state index is 14.9. The molecule has 0 atom stereocenters. The Morgan fingerprint density at radius 2 is 1.70 bits per heavy atom. The molecule has 3 aromatic rings. The zero-order chi connectivity index (χ0) is 21.8. The number of aliphatic carboxylic acids is 1. The van der Waals surface area contributed by atoms with Crippen LogP contribution in [0, 0.1) is 17.5 Å². The summed E-state index contributed by atoms with van der Waals surface area (Å²) < 4.78 is 53.3. The lowest BCUT2D eigenvalue weighted by atomic mass is 10.0. The fraction of sp³-hybridized carbons (Fsp3) is 0.136. The summed E-state index contributed by atoms with van der Waals surface area (Å²) in [6.07, 6.45) is 0. The first-order valence-electron chi connectivity index (χ1n) is 8.82. The number of carbonyl (C=O) groups is 1. The number of carboxylic acids is 1.